The number of ether oxygens (including phenoxy) is 1. The fraction of sp³-hybridized carbons (Fsp3) is 0.220. The Hall–Kier alpha value is -5.16. The van der Waals surface area contributed by atoms with Gasteiger partial charge in [0.15, 0.2) is 0 Å². The number of fused-ring (bicyclic) bond motifs is 3. The molecule has 4 aromatic carbocycles. The largest absolute Gasteiger partial charge is 0.457 e. The van der Waals surface area contributed by atoms with Crippen molar-refractivity contribution in [1.29, 1.82) is 0 Å². The lowest BCUT2D eigenvalue weighted by molar-refractivity contribution is 0.411. The Kier molecular flexibility index (Phi) is 7.48. The van der Waals surface area contributed by atoms with E-state index in [-0.39, 0.29) is 5.41 Å². The van der Waals surface area contributed by atoms with E-state index in [1.165, 1.54) is 27.5 Å². The summed E-state index contributed by atoms with van der Waals surface area (Å²) in [5, 5.41) is 7.33. The molecule has 230 valence electrons. The smallest absolute Gasteiger partial charge is 0.137 e. The SMILES string of the molecule is CCc1ccnc(-n2c3ccc(CC(C)(C)C)cc3c3ccc(Oc4cccc(-n5nc(C)c(-c6ccccc6)c5C)c4)cc32)c1. The van der Waals surface area contributed by atoms with Gasteiger partial charge in [0.25, 0.3) is 0 Å². The first-order valence-corrected chi connectivity index (χ1v) is 16.1. The number of aromatic nitrogens is 4. The van der Waals surface area contributed by atoms with Gasteiger partial charge in [-0.25, -0.2) is 9.67 Å². The maximum atomic E-state index is 6.56. The van der Waals surface area contributed by atoms with Crippen LogP contribution in [0.3, 0.4) is 0 Å². The fourth-order valence-electron chi connectivity index (χ4n) is 6.61. The number of nitrogens with zero attached hydrogens (tertiary/aromatic N) is 4. The molecule has 0 atom stereocenters. The molecule has 0 aliphatic heterocycles. The van der Waals surface area contributed by atoms with Crippen LogP contribution < -0.4 is 4.74 Å². The number of pyridine rings is 1. The topological polar surface area (TPSA) is 44.9 Å². The van der Waals surface area contributed by atoms with Crippen LogP contribution in [0.15, 0.2) is 109 Å². The highest BCUT2D eigenvalue weighted by molar-refractivity contribution is 6.09. The average Bonchev–Trinajstić information content (AvgIpc) is 3.53. The number of hydrogen-bond acceptors (Lipinski definition) is 3. The Bertz CT molecular complexity index is 2200. The molecule has 7 aromatic rings. The Morgan fingerprint density at radius 3 is 2.30 bits per heavy atom. The summed E-state index contributed by atoms with van der Waals surface area (Å²) in [6.45, 7) is 13.2. The van der Waals surface area contributed by atoms with E-state index in [1.54, 1.807) is 0 Å². The fourth-order valence-corrected chi connectivity index (χ4v) is 6.61. The summed E-state index contributed by atoms with van der Waals surface area (Å²) >= 11 is 0. The molecule has 5 heteroatoms. The number of benzene rings is 4. The maximum Gasteiger partial charge on any atom is 0.137 e. The summed E-state index contributed by atoms with van der Waals surface area (Å²) < 4.78 is 10.8. The van der Waals surface area contributed by atoms with Crippen molar-refractivity contribution in [1.82, 2.24) is 19.3 Å². The minimum Gasteiger partial charge on any atom is -0.457 e. The molecule has 0 amide bonds. The van der Waals surface area contributed by atoms with Crippen LogP contribution in [0, 0.1) is 19.3 Å². The van der Waals surface area contributed by atoms with Gasteiger partial charge in [0.1, 0.15) is 17.3 Å². The summed E-state index contributed by atoms with van der Waals surface area (Å²) in [6.07, 6.45) is 3.88. The third-order valence-electron chi connectivity index (χ3n) is 8.64. The van der Waals surface area contributed by atoms with E-state index in [9.17, 15) is 0 Å². The van der Waals surface area contributed by atoms with Crippen LogP contribution in [0.2, 0.25) is 0 Å². The number of aryl methyl sites for hydroxylation is 2. The third kappa shape index (κ3) is 5.58. The van der Waals surface area contributed by atoms with Gasteiger partial charge in [-0.15, -0.1) is 0 Å². The zero-order valence-electron chi connectivity index (χ0n) is 27.5. The molecule has 0 spiro atoms. The van der Waals surface area contributed by atoms with E-state index in [4.69, 9.17) is 14.8 Å². The van der Waals surface area contributed by atoms with Crippen LogP contribution in [0.5, 0.6) is 11.5 Å². The van der Waals surface area contributed by atoms with Crippen LogP contribution in [0.25, 0.3) is 44.4 Å². The summed E-state index contributed by atoms with van der Waals surface area (Å²) in [7, 11) is 0. The lowest BCUT2D eigenvalue weighted by Crippen LogP contribution is -2.08. The molecule has 0 aliphatic carbocycles. The lowest BCUT2D eigenvalue weighted by Gasteiger charge is -2.18. The number of hydrogen-bond donors (Lipinski definition) is 0. The minimum atomic E-state index is 0.203. The first-order valence-electron chi connectivity index (χ1n) is 16.1. The summed E-state index contributed by atoms with van der Waals surface area (Å²) in [5.74, 6) is 2.45. The van der Waals surface area contributed by atoms with Gasteiger partial charge in [0.2, 0.25) is 0 Å². The Balaban J connectivity index is 1.30. The highest BCUT2D eigenvalue weighted by Crippen LogP contribution is 2.37. The molecule has 46 heavy (non-hydrogen) atoms. The van der Waals surface area contributed by atoms with E-state index in [1.807, 2.05) is 29.1 Å². The van der Waals surface area contributed by atoms with Crippen molar-refractivity contribution in [3.63, 3.8) is 0 Å². The average molecular weight is 605 g/mol. The lowest BCUT2D eigenvalue weighted by atomic mass is 9.88. The second-order valence-electron chi connectivity index (χ2n) is 13.4. The molecule has 7 rings (SSSR count). The second kappa shape index (κ2) is 11.6. The van der Waals surface area contributed by atoms with Crippen molar-refractivity contribution in [3.8, 4) is 34.1 Å². The van der Waals surface area contributed by atoms with E-state index in [0.717, 1.165) is 63.8 Å². The molecule has 0 unspecified atom stereocenters. The highest BCUT2D eigenvalue weighted by atomic mass is 16.5. The maximum absolute atomic E-state index is 6.56. The molecule has 5 nitrogen and oxygen atoms in total. The van der Waals surface area contributed by atoms with Gasteiger partial charge < -0.3 is 4.74 Å². The van der Waals surface area contributed by atoms with Crippen molar-refractivity contribution in [2.24, 2.45) is 5.41 Å². The van der Waals surface area contributed by atoms with E-state index < -0.39 is 0 Å². The van der Waals surface area contributed by atoms with Crippen LogP contribution in [0.4, 0.5) is 0 Å². The standard InChI is InChI=1S/C41H40N4O/c1-7-29-20-21-42-39(23-29)44-37-19-16-30(26-41(4,5)6)22-36(37)35-18-17-34(25-38(35)44)46-33-15-11-14-32(24-33)45-28(3)40(27(2)43-45)31-12-9-8-10-13-31/h8-25H,7,26H2,1-6H3. The molecule has 0 bridgehead atoms. The molecule has 0 saturated heterocycles. The summed E-state index contributed by atoms with van der Waals surface area (Å²) in [5.41, 5.74) is 10.4. The highest BCUT2D eigenvalue weighted by Gasteiger charge is 2.18. The zero-order valence-corrected chi connectivity index (χ0v) is 27.5. The van der Waals surface area contributed by atoms with Crippen LogP contribution in [-0.2, 0) is 12.8 Å². The molecule has 0 saturated carbocycles. The van der Waals surface area contributed by atoms with Gasteiger partial charge in [-0.3, -0.25) is 4.57 Å². The van der Waals surface area contributed by atoms with Gasteiger partial charge in [-0.1, -0.05) is 70.2 Å². The van der Waals surface area contributed by atoms with Crippen molar-refractivity contribution in [2.75, 3.05) is 0 Å². The Morgan fingerprint density at radius 2 is 1.52 bits per heavy atom. The predicted octanol–water partition coefficient (Wildman–Crippen LogP) is 10.6. The number of rotatable bonds is 7. The first-order chi connectivity index (χ1) is 22.2. The first kappa shape index (κ1) is 29.5. The third-order valence-corrected chi connectivity index (χ3v) is 8.64. The quantitative estimate of drug-likeness (QED) is 0.182. The van der Waals surface area contributed by atoms with Crippen LogP contribution in [-0.4, -0.2) is 19.3 Å². The molecule has 0 fully saturated rings. The molecular formula is C41H40N4O. The Morgan fingerprint density at radius 1 is 0.717 bits per heavy atom. The predicted molar refractivity (Wildman–Crippen MR) is 190 cm³/mol. The molecule has 0 aliphatic rings. The molecule has 3 aromatic heterocycles. The van der Waals surface area contributed by atoms with Gasteiger partial charge in [-0.2, -0.15) is 5.10 Å². The van der Waals surface area contributed by atoms with Crippen molar-refractivity contribution >= 4 is 21.8 Å². The van der Waals surface area contributed by atoms with E-state index in [0.29, 0.717) is 0 Å². The van der Waals surface area contributed by atoms with E-state index in [2.05, 4.69) is 131 Å². The molecule has 0 radical (unpaired) electrons. The van der Waals surface area contributed by atoms with Gasteiger partial charge in [-0.05, 0) is 97.3 Å². The van der Waals surface area contributed by atoms with Gasteiger partial charge in [0, 0.05) is 40.4 Å². The van der Waals surface area contributed by atoms with Crippen molar-refractivity contribution < 1.29 is 4.74 Å². The van der Waals surface area contributed by atoms with Crippen LogP contribution in [0.1, 0.15) is 50.2 Å². The Labute approximate surface area is 271 Å². The summed E-state index contributed by atoms with van der Waals surface area (Å²) in [4.78, 5) is 4.82. The molecule has 0 N–H and O–H groups in total. The van der Waals surface area contributed by atoms with E-state index >= 15 is 0 Å². The monoisotopic (exact) mass is 604 g/mol. The summed E-state index contributed by atoms with van der Waals surface area (Å²) in [6, 6.07) is 36.1. The van der Waals surface area contributed by atoms with Crippen LogP contribution >= 0.6 is 0 Å². The van der Waals surface area contributed by atoms with Crippen molar-refractivity contribution in [2.45, 2.75) is 54.4 Å². The molecule has 3 heterocycles. The van der Waals surface area contributed by atoms with Crippen molar-refractivity contribution in [3.05, 3.63) is 132 Å². The minimum absolute atomic E-state index is 0.203. The van der Waals surface area contributed by atoms with Gasteiger partial charge in [0.05, 0.1) is 22.4 Å². The zero-order chi connectivity index (χ0) is 32.0. The van der Waals surface area contributed by atoms with Gasteiger partial charge >= 0.3 is 0 Å². The normalized spacial score (nSPS) is 11.9. The second-order valence-corrected chi connectivity index (χ2v) is 13.4. The molecular weight excluding hydrogens is 564 g/mol.